The minimum Gasteiger partial charge on any atom is -0.383 e. The summed E-state index contributed by atoms with van der Waals surface area (Å²) in [4.78, 5) is 20.7. The van der Waals surface area contributed by atoms with Gasteiger partial charge in [0.15, 0.2) is 0 Å². The molecule has 25 heavy (non-hydrogen) atoms. The Kier molecular flexibility index (Phi) is 4.51. The number of amides is 1. The number of nitrogens with two attached hydrogens (primary N) is 1. The van der Waals surface area contributed by atoms with E-state index in [0.717, 1.165) is 17.4 Å². The lowest BCUT2D eigenvalue weighted by molar-refractivity contribution is -0.117. The summed E-state index contributed by atoms with van der Waals surface area (Å²) in [7, 11) is 0. The maximum absolute atomic E-state index is 12.5. The SMILES string of the molecule is Nc1nc(Cl)cc2cc(NC(=O)[C@@H]3C[C@H]3c3cnn(PI)c3)ncc12. The second kappa shape index (κ2) is 6.66. The van der Waals surface area contributed by atoms with Crippen LogP contribution in [0.4, 0.5) is 11.6 Å². The van der Waals surface area contributed by atoms with E-state index in [9.17, 15) is 4.79 Å². The number of pyridine rings is 2. The molecule has 1 amide bonds. The summed E-state index contributed by atoms with van der Waals surface area (Å²) < 4.78 is 1.89. The van der Waals surface area contributed by atoms with Crippen LogP contribution < -0.4 is 11.1 Å². The van der Waals surface area contributed by atoms with E-state index in [1.54, 1.807) is 18.3 Å². The lowest BCUT2D eigenvalue weighted by Gasteiger charge is -2.07. The Morgan fingerprint density at radius 2 is 2.28 bits per heavy atom. The molecule has 128 valence electrons. The van der Waals surface area contributed by atoms with Crippen LogP contribution in [0.5, 0.6) is 0 Å². The molecule has 1 aliphatic carbocycles. The van der Waals surface area contributed by atoms with Crippen molar-refractivity contribution >= 4 is 68.3 Å². The number of hydrogen-bond acceptors (Lipinski definition) is 5. The van der Waals surface area contributed by atoms with E-state index in [4.69, 9.17) is 17.3 Å². The summed E-state index contributed by atoms with van der Waals surface area (Å²) in [5.41, 5.74) is 6.94. The van der Waals surface area contributed by atoms with Crippen molar-refractivity contribution < 1.29 is 4.79 Å². The number of fused-ring (bicyclic) bond motifs is 1. The fraction of sp³-hybridized carbons (Fsp3) is 0.200. The summed E-state index contributed by atoms with van der Waals surface area (Å²) in [5.74, 6) is 0.960. The Morgan fingerprint density at radius 3 is 3.04 bits per heavy atom. The zero-order valence-corrected chi connectivity index (χ0v) is 16.7. The normalized spacial score (nSPS) is 19.6. The van der Waals surface area contributed by atoms with Crippen LogP contribution in [0.1, 0.15) is 17.9 Å². The molecule has 1 saturated carbocycles. The number of anilines is 2. The summed E-state index contributed by atoms with van der Waals surface area (Å²) in [5, 5.41) is 8.95. The van der Waals surface area contributed by atoms with Gasteiger partial charge in [-0.2, -0.15) is 5.10 Å². The van der Waals surface area contributed by atoms with Crippen LogP contribution in [-0.4, -0.2) is 25.4 Å². The third-order valence-electron chi connectivity index (χ3n) is 4.21. The van der Waals surface area contributed by atoms with Crippen molar-refractivity contribution in [3.8, 4) is 0 Å². The number of aromatic nitrogens is 4. The molecule has 0 saturated heterocycles. The molecule has 0 aliphatic heterocycles. The maximum Gasteiger partial charge on any atom is 0.229 e. The van der Waals surface area contributed by atoms with E-state index in [-0.39, 0.29) is 17.7 Å². The van der Waals surface area contributed by atoms with Gasteiger partial charge in [-0.1, -0.05) is 11.6 Å². The fourth-order valence-electron chi connectivity index (χ4n) is 2.86. The van der Waals surface area contributed by atoms with E-state index >= 15 is 0 Å². The summed E-state index contributed by atoms with van der Waals surface area (Å²) in [6.07, 6.45) is 6.84. The molecule has 3 atom stereocenters. The zero-order chi connectivity index (χ0) is 17.6. The van der Waals surface area contributed by atoms with Gasteiger partial charge >= 0.3 is 0 Å². The van der Waals surface area contributed by atoms with Gasteiger partial charge in [0.1, 0.15) is 16.8 Å². The van der Waals surface area contributed by atoms with Gasteiger partial charge < -0.3 is 11.1 Å². The molecular weight excluding hydrogens is 474 g/mol. The smallest absolute Gasteiger partial charge is 0.229 e. The highest BCUT2D eigenvalue weighted by Gasteiger charge is 2.44. The summed E-state index contributed by atoms with van der Waals surface area (Å²) in [6.45, 7) is 0. The van der Waals surface area contributed by atoms with E-state index in [1.165, 1.54) is 0 Å². The molecule has 0 spiro atoms. The number of halogens is 2. The first kappa shape index (κ1) is 16.9. The largest absolute Gasteiger partial charge is 0.383 e. The van der Waals surface area contributed by atoms with Crippen LogP contribution in [0.25, 0.3) is 10.8 Å². The van der Waals surface area contributed by atoms with E-state index in [2.05, 4.69) is 42.4 Å². The first-order valence-corrected chi connectivity index (χ1v) is 11.9. The highest BCUT2D eigenvalue weighted by atomic mass is 127. The Morgan fingerprint density at radius 1 is 1.44 bits per heavy atom. The zero-order valence-electron chi connectivity index (χ0n) is 12.8. The molecule has 1 aliphatic rings. The molecule has 3 N–H and O–H groups in total. The van der Waals surface area contributed by atoms with Gasteiger partial charge in [-0.25, -0.2) is 14.4 Å². The topological polar surface area (TPSA) is 98.7 Å². The van der Waals surface area contributed by atoms with Crippen molar-refractivity contribution in [3.05, 3.63) is 41.4 Å². The van der Waals surface area contributed by atoms with Crippen molar-refractivity contribution in [1.82, 2.24) is 19.5 Å². The van der Waals surface area contributed by atoms with Gasteiger partial charge in [0.2, 0.25) is 5.91 Å². The molecule has 0 aromatic carbocycles. The first-order valence-electron chi connectivity index (χ1n) is 7.49. The van der Waals surface area contributed by atoms with E-state index in [1.807, 2.05) is 16.8 Å². The number of hydrogen-bond donors (Lipinski definition) is 2. The van der Waals surface area contributed by atoms with Crippen molar-refractivity contribution in [2.24, 2.45) is 5.92 Å². The summed E-state index contributed by atoms with van der Waals surface area (Å²) >= 11 is 8.21. The van der Waals surface area contributed by atoms with Crippen molar-refractivity contribution in [3.63, 3.8) is 0 Å². The minimum atomic E-state index is -0.0428. The van der Waals surface area contributed by atoms with Crippen molar-refractivity contribution in [1.29, 1.82) is 0 Å². The second-order valence-corrected chi connectivity index (χ2v) is 8.32. The molecule has 1 fully saturated rings. The van der Waals surface area contributed by atoms with Crippen LogP contribution in [-0.2, 0) is 4.79 Å². The first-order chi connectivity index (χ1) is 12.0. The lowest BCUT2D eigenvalue weighted by Crippen LogP contribution is -2.15. The number of rotatable bonds is 4. The Balaban J connectivity index is 1.49. The average Bonchev–Trinajstić information content (AvgIpc) is 3.24. The average molecular weight is 487 g/mol. The van der Waals surface area contributed by atoms with Crippen LogP contribution in [0.3, 0.4) is 0 Å². The molecule has 4 rings (SSSR count). The van der Waals surface area contributed by atoms with Gasteiger partial charge in [0.25, 0.3) is 0 Å². The fourth-order valence-corrected chi connectivity index (χ4v) is 4.15. The second-order valence-electron chi connectivity index (χ2n) is 5.86. The quantitative estimate of drug-likeness (QED) is 0.334. The van der Waals surface area contributed by atoms with Crippen LogP contribution >= 0.6 is 40.0 Å². The predicted molar refractivity (Wildman–Crippen MR) is 108 cm³/mol. The molecule has 10 heteroatoms. The van der Waals surface area contributed by atoms with Gasteiger partial charge in [0, 0.05) is 23.7 Å². The van der Waals surface area contributed by atoms with Crippen LogP contribution in [0.15, 0.2) is 30.7 Å². The molecule has 1 unspecified atom stereocenters. The number of nitrogens with one attached hydrogen (secondary N) is 1. The van der Waals surface area contributed by atoms with E-state index < -0.39 is 0 Å². The molecule has 3 aromatic heterocycles. The number of nitrogens with zero attached hydrogens (tertiary/aromatic N) is 4. The van der Waals surface area contributed by atoms with Crippen LogP contribution in [0, 0.1) is 5.92 Å². The number of carbonyl (C=O) groups excluding carboxylic acids is 1. The third kappa shape index (κ3) is 3.43. The van der Waals surface area contributed by atoms with Gasteiger partial charge in [-0.05, 0) is 57.5 Å². The monoisotopic (exact) mass is 486 g/mol. The Bertz CT molecular complexity index is 980. The number of nitrogen functional groups attached to an aromatic ring is 1. The molecule has 7 nitrogen and oxygen atoms in total. The molecule has 0 bridgehead atoms. The van der Waals surface area contributed by atoms with Crippen molar-refractivity contribution in [2.75, 3.05) is 11.1 Å². The Labute approximate surface area is 163 Å². The van der Waals surface area contributed by atoms with Gasteiger partial charge in [0.05, 0.1) is 12.6 Å². The van der Waals surface area contributed by atoms with Crippen LogP contribution in [0.2, 0.25) is 5.15 Å². The third-order valence-corrected chi connectivity index (χ3v) is 6.30. The molecule has 3 aromatic rings. The van der Waals surface area contributed by atoms with Gasteiger partial charge in [-0.3, -0.25) is 4.79 Å². The lowest BCUT2D eigenvalue weighted by atomic mass is 10.2. The minimum absolute atomic E-state index is 0.0327. The standard InChI is InChI=1S/C15H13ClIN6OP/c16-12-1-7-2-13(19-5-11(7)14(18)21-12)22-15(24)10-3-9(10)8-4-20-23(6-8)25-17/h1-2,4-6,9-10,25H,3H2,(H2,18,21)(H,19,22,24)/t9-,10+/m0/s1. The van der Waals surface area contributed by atoms with Gasteiger partial charge in [-0.15, -0.1) is 0 Å². The molecule has 3 heterocycles. The molecular formula is C15H13ClIN6OP. The maximum atomic E-state index is 12.5. The summed E-state index contributed by atoms with van der Waals surface area (Å²) in [6, 6.07) is 3.45. The molecule has 0 radical (unpaired) electrons. The highest BCUT2D eigenvalue weighted by Crippen LogP contribution is 2.48. The van der Waals surface area contributed by atoms with Crippen molar-refractivity contribution in [2.45, 2.75) is 12.3 Å². The predicted octanol–water partition coefficient (Wildman–Crippen LogP) is 3.60. The highest BCUT2D eigenvalue weighted by molar-refractivity contribution is 14.2. The van der Waals surface area contributed by atoms with E-state index in [0.29, 0.717) is 28.5 Å². The number of carbonyl (C=O) groups is 1. The Hall–Kier alpha value is -1.51.